The Bertz CT molecular complexity index is 530. The smallest absolute Gasteiger partial charge is 0.322 e. The van der Waals surface area contributed by atoms with Gasteiger partial charge in [0.2, 0.25) is 16.3 Å². The molecular formula is C8H12N8OS. The van der Waals surface area contributed by atoms with Gasteiger partial charge in [-0.2, -0.15) is 15.0 Å². The van der Waals surface area contributed by atoms with Gasteiger partial charge in [0.05, 0.1) is 6.61 Å². The van der Waals surface area contributed by atoms with Crippen molar-refractivity contribution in [1.29, 1.82) is 0 Å². The van der Waals surface area contributed by atoms with Crippen molar-refractivity contribution in [2.75, 3.05) is 12.0 Å². The van der Waals surface area contributed by atoms with Gasteiger partial charge in [-0.05, 0) is 25.6 Å². The van der Waals surface area contributed by atoms with Crippen LogP contribution in [0.2, 0.25) is 0 Å². The molecule has 0 aromatic carbocycles. The van der Waals surface area contributed by atoms with Gasteiger partial charge in [-0.1, -0.05) is 0 Å². The van der Waals surface area contributed by atoms with Crippen LogP contribution in [-0.4, -0.2) is 36.7 Å². The molecule has 2 rings (SSSR count). The van der Waals surface area contributed by atoms with Crippen molar-refractivity contribution in [2.45, 2.75) is 24.2 Å². The molecule has 0 aliphatic heterocycles. The summed E-state index contributed by atoms with van der Waals surface area (Å²) in [6.07, 6.45) is 0. The van der Waals surface area contributed by atoms with Crippen molar-refractivity contribution in [2.24, 2.45) is 5.84 Å². The molecular weight excluding hydrogens is 256 g/mol. The van der Waals surface area contributed by atoms with Crippen LogP contribution in [0.4, 0.5) is 5.95 Å². The Labute approximate surface area is 107 Å². The zero-order valence-electron chi connectivity index (χ0n) is 9.84. The maximum atomic E-state index is 5.28. The summed E-state index contributed by atoms with van der Waals surface area (Å²) in [7, 11) is 0. The number of nitrogens with zero attached hydrogens (tertiary/aromatic N) is 5. The molecule has 0 spiro atoms. The normalized spacial score (nSPS) is 10.4. The number of hydrogen-bond donors (Lipinski definition) is 3. The number of hydrazine groups is 1. The fourth-order valence-corrected chi connectivity index (χ4v) is 1.78. The summed E-state index contributed by atoms with van der Waals surface area (Å²) in [5.41, 5.74) is 2.35. The van der Waals surface area contributed by atoms with Crippen LogP contribution in [0.5, 0.6) is 6.01 Å². The fraction of sp³-hybridized carbons (Fsp3) is 0.375. The molecule has 9 nitrogen and oxygen atoms in total. The van der Waals surface area contributed by atoms with E-state index in [2.05, 4.69) is 35.6 Å². The maximum Gasteiger partial charge on any atom is 0.322 e. The Hall–Kier alpha value is -1.94. The first-order chi connectivity index (χ1) is 8.71. The molecule has 0 saturated carbocycles. The van der Waals surface area contributed by atoms with E-state index >= 15 is 0 Å². The first-order valence-electron chi connectivity index (χ1n) is 5.13. The van der Waals surface area contributed by atoms with Crippen molar-refractivity contribution in [1.82, 2.24) is 30.1 Å². The lowest BCUT2D eigenvalue weighted by Gasteiger charge is -2.04. The summed E-state index contributed by atoms with van der Waals surface area (Å²) >= 11 is 1.19. The van der Waals surface area contributed by atoms with E-state index in [0.29, 0.717) is 22.7 Å². The molecule has 2 heterocycles. The molecule has 0 fully saturated rings. The van der Waals surface area contributed by atoms with Gasteiger partial charge in [0, 0.05) is 0 Å². The highest BCUT2D eigenvalue weighted by atomic mass is 32.2. The third kappa shape index (κ3) is 3.05. The minimum atomic E-state index is 0.204. The van der Waals surface area contributed by atoms with E-state index < -0.39 is 0 Å². The highest BCUT2D eigenvalue weighted by molar-refractivity contribution is 7.99. The molecule has 0 atom stereocenters. The molecule has 0 amide bonds. The van der Waals surface area contributed by atoms with Crippen molar-refractivity contribution >= 4 is 17.7 Å². The van der Waals surface area contributed by atoms with Gasteiger partial charge in [0.15, 0.2) is 0 Å². The number of H-pyrrole nitrogens is 1. The Morgan fingerprint density at radius 2 is 2.11 bits per heavy atom. The maximum absolute atomic E-state index is 5.28. The number of aromatic nitrogens is 6. The number of nitrogens with two attached hydrogens (primary N) is 1. The van der Waals surface area contributed by atoms with Crippen LogP contribution in [0.25, 0.3) is 0 Å². The number of aromatic amines is 1. The van der Waals surface area contributed by atoms with Gasteiger partial charge in [0.25, 0.3) is 0 Å². The van der Waals surface area contributed by atoms with Crippen LogP contribution in [-0.2, 0) is 0 Å². The van der Waals surface area contributed by atoms with Crippen LogP contribution >= 0.6 is 11.8 Å². The van der Waals surface area contributed by atoms with E-state index in [4.69, 9.17) is 10.6 Å². The Morgan fingerprint density at radius 1 is 1.28 bits per heavy atom. The number of nitrogens with one attached hydrogen (secondary N) is 2. The lowest BCUT2D eigenvalue weighted by molar-refractivity contribution is 0.308. The standard InChI is InChI=1S/C8H12N8OS/c1-3-17-6-11-5(14-9)12-7(13-6)18-8-10-4(2)15-16-8/h3,9H2,1-2H3,(H,10,15,16)(H,11,12,13,14). The van der Waals surface area contributed by atoms with Crippen molar-refractivity contribution in [3.63, 3.8) is 0 Å². The zero-order chi connectivity index (χ0) is 13.0. The van der Waals surface area contributed by atoms with Gasteiger partial charge in [-0.25, -0.2) is 10.8 Å². The summed E-state index contributed by atoms with van der Waals surface area (Å²) in [6.45, 7) is 4.10. The van der Waals surface area contributed by atoms with Crippen LogP contribution in [0.15, 0.2) is 10.3 Å². The minimum Gasteiger partial charge on any atom is -0.464 e. The molecule has 0 radical (unpaired) electrons. The molecule has 10 heteroatoms. The lowest BCUT2D eigenvalue weighted by atomic mass is 10.8. The number of rotatable bonds is 5. The van der Waals surface area contributed by atoms with Gasteiger partial charge in [-0.15, -0.1) is 5.10 Å². The van der Waals surface area contributed by atoms with Crippen LogP contribution in [0.1, 0.15) is 12.7 Å². The average molecular weight is 268 g/mol. The summed E-state index contributed by atoms with van der Waals surface area (Å²) in [5, 5.41) is 7.63. The number of hydrogen-bond acceptors (Lipinski definition) is 9. The number of nitrogen functional groups attached to an aromatic ring is 1. The van der Waals surface area contributed by atoms with E-state index in [1.165, 1.54) is 11.8 Å². The number of aryl methyl sites for hydroxylation is 1. The van der Waals surface area contributed by atoms with E-state index in [0.717, 1.165) is 0 Å². The average Bonchev–Trinajstić information content (AvgIpc) is 2.75. The molecule has 0 aliphatic carbocycles. The number of anilines is 1. The molecule has 0 bridgehead atoms. The van der Waals surface area contributed by atoms with E-state index in [-0.39, 0.29) is 12.0 Å². The SMILES string of the molecule is CCOc1nc(NN)nc(Sc2n[nH]c(C)n2)n1. The lowest BCUT2D eigenvalue weighted by Crippen LogP contribution is -2.12. The zero-order valence-corrected chi connectivity index (χ0v) is 10.7. The fourth-order valence-electron chi connectivity index (χ4n) is 1.09. The Kier molecular flexibility index (Phi) is 3.89. The number of ether oxygens (including phenoxy) is 1. The van der Waals surface area contributed by atoms with Gasteiger partial charge in [-0.3, -0.25) is 10.5 Å². The van der Waals surface area contributed by atoms with E-state index in [9.17, 15) is 0 Å². The predicted octanol–water partition coefficient (Wildman–Crippen LogP) is 0.134. The molecule has 0 aliphatic rings. The van der Waals surface area contributed by atoms with Gasteiger partial charge < -0.3 is 4.74 Å². The molecule has 96 valence electrons. The molecule has 2 aromatic rings. The third-order valence-corrected chi connectivity index (χ3v) is 2.49. The summed E-state index contributed by atoms with van der Waals surface area (Å²) < 4.78 is 5.21. The van der Waals surface area contributed by atoms with E-state index in [1.54, 1.807) is 0 Å². The summed E-state index contributed by atoms with van der Waals surface area (Å²) in [6, 6.07) is 0.204. The second-order valence-corrected chi connectivity index (χ2v) is 4.04. The Morgan fingerprint density at radius 3 is 2.72 bits per heavy atom. The molecule has 2 aromatic heterocycles. The first-order valence-corrected chi connectivity index (χ1v) is 5.95. The quantitative estimate of drug-likeness (QED) is 0.512. The largest absolute Gasteiger partial charge is 0.464 e. The third-order valence-electron chi connectivity index (χ3n) is 1.76. The van der Waals surface area contributed by atoms with Crippen LogP contribution < -0.4 is 16.0 Å². The van der Waals surface area contributed by atoms with Gasteiger partial charge in [0.1, 0.15) is 5.82 Å². The van der Waals surface area contributed by atoms with Crippen LogP contribution in [0, 0.1) is 6.92 Å². The molecule has 0 unspecified atom stereocenters. The van der Waals surface area contributed by atoms with Crippen LogP contribution in [0.3, 0.4) is 0 Å². The second-order valence-electron chi connectivity index (χ2n) is 3.11. The topological polar surface area (TPSA) is 128 Å². The monoisotopic (exact) mass is 268 g/mol. The first kappa shape index (κ1) is 12.5. The van der Waals surface area contributed by atoms with Crippen molar-refractivity contribution < 1.29 is 4.74 Å². The molecule has 4 N–H and O–H groups in total. The van der Waals surface area contributed by atoms with Crippen molar-refractivity contribution in [3.8, 4) is 6.01 Å². The molecule has 0 saturated heterocycles. The minimum absolute atomic E-state index is 0.204. The van der Waals surface area contributed by atoms with Gasteiger partial charge >= 0.3 is 6.01 Å². The Balaban J connectivity index is 2.23. The summed E-state index contributed by atoms with van der Waals surface area (Å²) in [5.74, 6) is 6.22. The molecule has 18 heavy (non-hydrogen) atoms. The predicted molar refractivity (Wildman–Crippen MR) is 64.0 cm³/mol. The van der Waals surface area contributed by atoms with E-state index in [1.807, 2.05) is 13.8 Å². The van der Waals surface area contributed by atoms with Crippen molar-refractivity contribution in [3.05, 3.63) is 5.82 Å². The highest BCUT2D eigenvalue weighted by Crippen LogP contribution is 2.22. The summed E-state index contributed by atoms with van der Waals surface area (Å²) in [4.78, 5) is 16.3. The highest BCUT2D eigenvalue weighted by Gasteiger charge is 2.10. The second kappa shape index (κ2) is 5.60.